The highest BCUT2D eigenvalue weighted by Crippen LogP contribution is 2.27. The van der Waals surface area contributed by atoms with Crippen LogP contribution in [0.2, 0.25) is 0 Å². The van der Waals surface area contributed by atoms with Crippen LogP contribution in [0.5, 0.6) is 5.75 Å². The molecule has 1 saturated heterocycles. The summed E-state index contributed by atoms with van der Waals surface area (Å²) < 4.78 is 5.50. The fourth-order valence-electron chi connectivity index (χ4n) is 3.45. The summed E-state index contributed by atoms with van der Waals surface area (Å²) in [5, 5.41) is 0. The summed E-state index contributed by atoms with van der Waals surface area (Å²) >= 11 is 0. The Labute approximate surface area is 139 Å². The van der Waals surface area contributed by atoms with E-state index in [0.717, 1.165) is 25.4 Å². The summed E-state index contributed by atoms with van der Waals surface area (Å²) in [5.41, 5.74) is 5.48. The van der Waals surface area contributed by atoms with Crippen LogP contribution in [0.15, 0.2) is 42.5 Å². The van der Waals surface area contributed by atoms with E-state index in [4.69, 9.17) is 4.74 Å². The van der Waals surface area contributed by atoms with E-state index in [0.29, 0.717) is 0 Å². The van der Waals surface area contributed by atoms with Crippen molar-refractivity contribution in [3.05, 3.63) is 59.2 Å². The number of hydrogen-bond acceptors (Lipinski definition) is 2. The molecule has 2 aromatic rings. The first kappa shape index (κ1) is 15.9. The Kier molecular flexibility index (Phi) is 4.87. The van der Waals surface area contributed by atoms with Gasteiger partial charge in [-0.3, -0.25) is 0 Å². The molecule has 3 rings (SSSR count). The third-order valence-corrected chi connectivity index (χ3v) is 4.83. The summed E-state index contributed by atoms with van der Waals surface area (Å²) in [7, 11) is 1.75. The molecule has 1 heterocycles. The van der Waals surface area contributed by atoms with Crippen molar-refractivity contribution in [2.75, 3.05) is 38.2 Å². The normalized spacial score (nSPS) is 15.7. The molecule has 122 valence electrons. The lowest BCUT2D eigenvalue weighted by atomic mass is 10.0. The summed E-state index contributed by atoms with van der Waals surface area (Å²) in [4.78, 5) is 4.12. The van der Waals surface area contributed by atoms with Crippen molar-refractivity contribution in [1.82, 2.24) is 0 Å². The Morgan fingerprint density at radius 2 is 1.78 bits per heavy atom. The number of nitrogens with zero attached hydrogens (tertiary/aromatic N) is 1. The highest BCUT2D eigenvalue weighted by atomic mass is 16.5. The van der Waals surface area contributed by atoms with Gasteiger partial charge in [0.15, 0.2) is 0 Å². The molecule has 0 atom stereocenters. The molecule has 3 heteroatoms. The Balaban J connectivity index is 1.62. The van der Waals surface area contributed by atoms with E-state index in [1.165, 1.54) is 35.5 Å². The maximum Gasteiger partial charge on any atom is 0.142 e. The first-order valence-electron chi connectivity index (χ1n) is 8.45. The number of ether oxygens (including phenoxy) is 1. The van der Waals surface area contributed by atoms with Gasteiger partial charge in [-0.1, -0.05) is 35.9 Å². The molecule has 0 spiro atoms. The lowest BCUT2D eigenvalue weighted by molar-refractivity contribution is -0.914. The summed E-state index contributed by atoms with van der Waals surface area (Å²) in [6, 6.07) is 15.1. The molecule has 1 aliphatic rings. The number of nitrogens with one attached hydrogen (secondary N) is 1. The number of rotatable bonds is 4. The highest BCUT2D eigenvalue weighted by Gasteiger charge is 2.22. The Morgan fingerprint density at radius 3 is 2.48 bits per heavy atom. The smallest absolute Gasteiger partial charge is 0.142 e. The number of para-hydroxylation sites is 2. The molecule has 0 saturated carbocycles. The predicted octanol–water partition coefficient (Wildman–Crippen LogP) is 2.22. The van der Waals surface area contributed by atoms with Crippen molar-refractivity contribution in [2.24, 2.45) is 0 Å². The van der Waals surface area contributed by atoms with Crippen molar-refractivity contribution < 1.29 is 9.64 Å². The number of benzene rings is 2. The van der Waals surface area contributed by atoms with Gasteiger partial charge in [-0.05, 0) is 31.5 Å². The molecular formula is C20H27N2O+. The van der Waals surface area contributed by atoms with Crippen molar-refractivity contribution in [2.45, 2.75) is 20.4 Å². The van der Waals surface area contributed by atoms with Crippen LogP contribution in [0.1, 0.15) is 16.7 Å². The Morgan fingerprint density at radius 1 is 1.04 bits per heavy atom. The molecule has 1 aliphatic heterocycles. The second-order valence-electron chi connectivity index (χ2n) is 6.52. The van der Waals surface area contributed by atoms with E-state index in [1.54, 1.807) is 12.0 Å². The zero-order valence-electron chi connectivity index (χ0n) is 14.4. The van der Waals surface area contributed by atoms with E-state index < -0.39 is 0 Å². The van der Waals surface area contributed by atoms with Crippen LogP contribution in [-0.4, -0.2) is 33.3 Å². The van der Waals surface area contributed by atoms with E-state index in [-0.39, 0.29) is 0 Å². The quantitative estimate of drug-likeness (QED) is 0.932. The maximum absolute atomic E-state index is 5.50. The first-order chi connectivity index (χ1) is 11.2. The molecule has 3 nitrogen and oxygen atoms in total. The molecule has 1 N–H and O–H groups in total. The number of methoxy groups -OCH3 is 1. The molecule has 1 fully saturated rings. The van der Waals surface area contributed by atoms with Gasteiger partial charge in [-0.15, -0.1) is 0 Å². The number of piperazine rings is 1. The van der Waals surface area contributed by atoms with Gasteiger partial charge in [-0.25, -0.2) is 0 Å². The molecule has 23 heavy (non-hydrogen) atoms. The van der Waals surface area contributed by atoms with Gasteiger partial charge in [0.1, 0.15) is 12.3 Å². The van der Waals surface area contributed by atoms with Gasteiger partial charge in [0, 0.05) is 5.56 Å². The molecule has 0 aliphatic carbocycles. The maximum atomic E-state index is 5.50. The topological polar surface area (TPSA) is 16.9 Å². The largest absolute Gasteiger partial charge is 0.495 e. The fraction of sp³-hybridized carbons (Fsp3) is 0.400. The van der Waals surface area contributed by atoms with Crippen LogP contribution >= 0.6 is 0 Å². The third-order valence-electron chi connectivity index (χ3n) is 4.83. The lowest BCUT2D eigenvalue weighted by Crippen LogP contribution is -3.13. The minimum Gasteiger partial charge on any atom is -0.495 e. The van der Waals surface area contributed by atoms with E-state index >= 15 is 0 Å². The van der Waals surface area contributed by atoms with Gasteiger partial charge in [-0.2, -0.15) is 0 Å². The lowest BCUT2D eigenvalue weighted by Gasteiger charge is -2.34. The molecule has 2 aromatic carbocycles. The van der Waals surface area contributed by atoms with Crippen molar-refractivity contribution >= 4 is 5.69 Å². The summed E-state index contributed by atoms with van der Waals surface area (Å²) in [6.07, 6.45) is 0. The van der Waals surface area contributed by atoms with E-state index in [2.05, 4.69) is 49.1 Å². The molecular weight excluding hydrogens is 284 g/mol. The number of anilines is 1. The van der Waals surface area contributed by atoms with Crippen LogP contribution < -0.4 is 14.5 Å². The minimum atomic E-state index is 0.977. The molecule has 0 bridgehead atoms. The predicted molar refractivity (Wildman–Crippen MR) is 95.5 cm³/mol. The minimum absolute atomic E-state index is 0.977. The first-order valence-corrected chi connectivity index (χ1v) is 8.45. The van der Waals surface area contributed by atoms with Crippen molar-refractivity contribution in [3.8, 4) is 5.75 Å². The van der Waals surface area contributed by atoms with Gasteiger partial charge in [0.05, 0.1) is 39.0 Å². The van der Waals surface area contributed by atoms with Crippen LogP contribution in [0.3, 0.4) is 0 Å². The van der Waals surface area contributed by atoms with Gasteiger partial charge in [0.2, 0.25) is 0 Å². The van der Waals surface area contributed by atoms with Gasteiger partial charge >= 0.3 is 0 Å². The zero-order chi connectivity index (χ0) is 16.2. The van der Waals surface area contributed by atoms with Crippen LogP contribution in [0.4, 0.5) is 5.69 Å². The highest BCUT2D eigenvalue weighted by molar-refractivity contribution is 5.58. The molecule has 0 unspecified atom stereocenters. The van der Waals surface area contributed by atoms with Crippen LogP contribution in [0, 0.1) is 13.8 Å². The average Bonchev–Trinajstić information content (AvgIpc) is 2.58. The van der Waals surface area contributed by atoms with Gasteiger partial charge in [0.25, 0.3) is 0 Å². The Bertz CT molecular complexity index is 660. The van der Waals surface area contributed by atoms with E-state index in [1.807, 2.05) is 12.1 Å². The monoisotopic (exact) mass is 311 g/mol. The molecule has 0 radical (unpaired) electrons. The SMILES string of the molecule is COc1ccccc1N1CC[NH+](Cc2ccc(C)cc2C)CC1. The van der Waals surface area contributed by atoms with Crippen LogP contribution in [0.25, 0.3) is 0 Å². The Hall–Kier alpha value is -2.00. The third kappa shape index (κ3) is 3.67. The second-order valence-corrected chi connectivity index (χ2v) is 6.52. The average molecular weight is 311 g/mol. The zero-order valence-corrected chi connectivity index (χ0v) is 14.4. The molecule has 0 amide bonds. The summed E-state index contributed by atoms with van der Waals surface area (Å²) in [6.45, 7) is 10.0. The number of hydrogen-bond donors (Lipinski definition) is 1. The number of quaternary nitrogens is 1. The van der Waals surface area contributed by atoms with Crippen molar-refractivity contribution in [3.63, 3.8) is 0 Å². The second kappa shape index (κ2) is 7.05. The van der Waals surface area contributed by atoms with Crippen LogP contribution in [-0.2, 0) is 6.54 Å². The van der Waals surface area contributed by atoms with Crippen molar-refractivity contribution in [1.29, 1.82) is 0 Å². The number of aryl methyl sites for hydroxylation is 2. The van der Waals surface area contributed by atoms with E-state index in [9.17, 15) is 0 Å². The van der Waals surface area contributed by atoms with Gasteiger partial charge < -0.3 is 14.5 Å². The molecule has 0 aromatic heterocycles. The standard InChI is InChI=1S/C20H26N2O/c1-16-8-9-18(17(2)14-16)15-21-10-12-22(13-11-21)19-6-4-5-7-20(19)23-3/h4-9,14H,10-13,15H2,1-3H3/p+1. The summed E-state index contributed by atoms with van der Waals surface area (Å²) in [5.74, 6) is 0.977. The fourth-order valence-corrected chi connectivity index (χ4v) is 3.45.